The highest BCUT2D eigenvalue weighted by Crippen LogP contribution is 2.34. The monoisotopic (exact) mass is 459 g/mol. The Hall–Kier alpha value is -3.72. The molecular formula is C24H28F3N5O. The predicted octanol–water partition coefficient (Wildman–Crippen LogP) is 4.84. The normalized spacial score (nSPS) is 16.5. The van der Waals surface area contributed by atoms with Gasteiger partial charge in [-0.05, 0) is 29.3 Å². The molecule has 1 aliphatic heterocycles. The zero-order valence-electron chi connectivity index (χ0n) is 17.6. The van der Waals surface area contributed by atoms with Gasteiger partial charge in [-0.25, -0.2) is 9.97 Å². The van der Waals surface area contributed by atoms with Crippen LogP contribution in [0.15, 0.2) is 61.3 Å². The van der Waals surface area contributed by atoms with Crippen molar-refractivity contribution in [3.63, 3.8) is 0 Å². The Bertz CT molecular complexity index is 1200. The average Bonchev–Trinajstić information content (AvgIpc) is 2.83. The molecule has 1 atom stereocenters. The van der Waals surface area contributed by atoms with Crippen molar-refractivity contribution in [3.8, 4) is 0 Å². The van der Waals surface area contributed by atoms with Gasteiger partial charge in [-0.15, -0.1) is 0 Å². The molecule has 9 heteroatoms. The summed E-state index contributed by atoms with van der Waals surface area (Å²) in [6.07, 6.45) is -1.94. The van der Waals surface area contributed by atoms with Crippen LogP contribution >= 0.6 is 0 Å². The molecule has 1 fully saturated rings. The van der Waals surface area contributed by atoms with Gasteiger partial charge in [0.15, 0.2) is 0 Å². The molecule has 0 saturated carbocycles. The summed E-state index contributed by atoms with van der Waals surface area (Å²) >= 11 is 0. The summed E-state index contributed by atoms with van der Waals surface area (Å²) < 4.78 is 41.2. The predicted molar refractivity (Wildman–Crippen MR) is 127 cm³/mol. The Balaban J connectivity index is 0.00000216. The van der Waals surface area contributed by atoms with E-state index in [1.807, 2.05) is 35.2 Å². The molecule has 1 unspecified atom stereocenters. The Labute approximate surface area is 193 Å². The lowest BCUT2D eigenvalue weighted by Crippen LogP contribution is -2.46. The Morgan fingerprint density at radius 2 is 2.00 bits per heavy atom. The van der Waals surface area contributed by atoms with Gasteiger partial charge in [0.1, 0.15) is 17.3 Å². The van der Waals surface area contributed by atoms with Crippen molar-refractivity contribution in [1.82, 2.24) is 15.3 Å². The lowest BCUT2D eigenvalue weighted by atomic mass is 10.0. The first kappa shape index (κ1) is 22.5. The molecule has 0 amide bonds. The number of ketones is 1. The molecule has 0 aliphatic carbocycles. The first-order chi connectivity index (χ1) is 15.8. The molecule has 3 heterocycles. The zero-order chi connectivity index (χ0) is 23.6. The van der Waals surface area contributed by atoms with Gasteiger partial charge in [-0.2, -0.15) is 13.2 Å². The number of anilines is 2. The first-order valence-electron chi connectivity index (χ1n) is 10.3. The largest absolute Gasteiger partial charge is 0.418 e. The third-order valence-electron chi connectivity index (χ3n) is 5.52. The highest BCUT2D eigenvalue weighted by Gasteiger charge is 2.37. The van der Waals surface area contributed by atoms with E-state index < -0.39 is 23.2 Å². The number of alkyl halides is 3. The number of rotatable bonds is 5. The zero-order valence-corrected chi connectivity index (χ0v) is 17.6. The van der Waals surface area contributed by atoms with Crippen LogP contribution in [0, 0.1) is 0 Å². The van der Waals surface area contributed by atoms with E-state index in [-0.39, 0.29) is 21.7 Å². The number of halogens is 3. The quantitative estimate of drug-likeness (QED) is 0.531. The highest BCUT2D eigenvalue weighted by molar-refractivity contribution is 6.11. The van der Waals surface area contributed by atoms with Crippen LogP contribution in [0.2, 0.25) is 0 Å². The summed E-state index contributed by atoms with van der Waals surface area (Å²) in [6.45, 7) is 5.24. The fourth-order valence-electron chi connectivity index (χ4n) is 3.81. The molecule has 1 saturated heterocycles. The highest BCUT2D eigenvalue weighted by atomic mass is 19.4. The minimum absolute atomic E-state index is 0. The molecule has 4 rings (SSSR count). The molecule has 3 aromatic rings. The number of carbonyl (C=O) groups excluding carboxylic acids is 1. The minimum Gasteiger partial charge on any atom is -0.383 e. The van der Waals surface area contributed by atoms with E-state index in [1.165, 1.54) is 24.4 Å². The second-order valence-corrected chi connectivity index (χ2v) is 7.66. The maximum Gasteiger partial charge on any atom is 0.418 e. The second-order valence-electron chi connectivity index (χ2n) is 7.66. The molecule has 33 heavy (non-hydrogen) atoms. The number of hydrogen-bond acceptors (Lipinski definition) is 6. The summed E-state index contributed by atoms with van der Waals surface area (Å²) in [5.41, 5.74) is 5.37. The fraction of sp³-hybridized carbons (Fsp3) is 0.208. The summed E-state index contributed by atoms with van der Waals surface area (Å²) in [4.78, 5) is 23.1. The van der Waals surface area contributed by atoms with Crippen molar-refractivity contribution >= 4 is 23.5 Å². The molecular weight excluding hydrogens is 431 g/mol. The Kier molecular flexibility index (Phi) is 6.15. The van der Waals surface area contributed by atoms with Crippen LogP contribution in [0.4, 0.5) is 24.8 Å². The summed E-state index contributed by atoms with van der Waals surface area (Å²) in [6, 6.07) is 13.3. The van der Waals surface area contributed by atoms with Crippen molar-refractivity contribution in [2.24, 2.45) is 0 Å². The number of piperazine rings is 1. The fourth-order valence-corrected chi connectivity index (χ4v) is 3.81. The number of carbonyl (C=O) groups is 1. The van der Waals surface area contributed by atoms with E-state index in [9.17, 15) is 18.0 Å². The van der Waals surface area contributed by atoms with E-state index in [4.69, 9.17) is 5.73 Å². The van der Waals surface area contributed by atoms with Crippen molar-refractivity contribution in [1.29, 1.82) is 0 Å². The van der Waals surface area contributed by atoms with E-state index in [0.717, 1.165) is 11.6 Å². The van der Waals surface area contributed by atoms with E-state index in [2.05, 4.69) is 21.9 Å². The van der Waals surface area contributed by atoms with Crippen molar-refractivity contribution in [2.75, 3.05) is 30.3 Å². The van der Waals surface area contributed by atoms with Gasteiger partial charge in [0.25, 0.3) is 0 Å². The Morgan fingerprint density at radius 1 is 1.24 bits per heavy atom. The molecule has 0 spiro atoms. The topological polar surface area (TPSA) is 84.1 Å². The smallest absolute Gasteiger partial charge is 0.383 e. The van der Waals surface area contributed by atoms with Crippen LogP contribution in [0.3, 0.4) is 0 Å². The second kappa shape index (κ2) is 9.03. The number of nitrogens with two attached hydrogens (primary N) is 1. The van der Waals surface area contributed by atoms with Gasteiger partial charge in [0, 0.05) is 36.2 Å². The number of benzene rings is 1. The molecule has 0 radical (unpaired) electrons. The number of nitrogens with zero attached hydrogens (tertiary/aromatic N) is 3. The molecule has 2 aromatic heterocycles. The maximum atomic E-state index is 13.7. The molecule has 6 nitrogen and oxygen atoms in total. The van der Waals surface area contributed by atoms with Gasteiger partial charge < -0.3 is 16.0 Å². The van der Waals surface area contributed by atoms with E-state index in [1.54, 1.807) is 0 Å². The van der Waals surface area contributed by atoms with Gasteiger partial charge in [-0.3, -0.25) is 4.79 Å². The lowest BCUT2D eigenvalue weighted by Gasteiger charge is -2.35. The van der Waals surface area contributed by atoms with Gasteiger partial charge >= 0.3 is 6.18 Å². The Morgan fingerprint density at radius 3 is 2.70 bits per heavy atom. The maximum absolute atomic E-state index is 13.7. The van der Waals surface area contributed by atoms with Crippen LogP contribution in [-0.2, 0) is 6.18 Å². The minimum atomic E-state index is -4.76. The van der Waals surface area contributed by atoms with Crippen LogP contribution in [0.5, 0.6) is 0 Å². The molecule has 3 N–H and O–H groups in total. The van der Waals surface area contributed by atoms with Crippen LogP contribution in [-0.4, -0.2) is 35.4 Å². The number of nitrogens with one attached hydrogen (secondary N) is 1. The van der Waals surface area contributed by atoms with Crippen LogP contribution in [0.25, 0.3) is 6.08 Å². The number of pyridine rings is 2. The molecule has 1 aliphatic rings. The third-order valence-corrected chi connectivity index (χ3v) is 5.52. The van der Waals surface area contributed by atoms with Crippen LogP contribution < -0.4 is 16.0 Å². The molecule has 0 bridgehead atoms. The van der Waals surface area contributed by atoms with Crippen LogP contribution in [0.1, 0.15) is 43.1 Å². The van der Waals surface area contributed by atoms with E-state index >= 15 is 0 Å². The SMILES string of the molecule is C=Cc1cnc(N)c(C(=O)c2nc(N3CCNC(c4ccccc4)C3)ccc2C(F)(F)F)c1.[HH].[HH].[HH]. The first-order valence-corrected chi connectivity index (χ1v) is 10.3. The number of aromatic nitrogens is 2. The average molecular weight is 460 g/mol. The van der Waals surface area contributed by atoms with Crippen molar-refractivity contribution in [3.05, 3.63) is 89.3 Å². The third kappa shape index (κ3) is 4.73. The van der Waals surface area contributed by atoms with Gasteiger partial charge in [0.05, 0.1) is 11.1 Å². The summed E-state index contributed by atoms with van der Waals surface area (Å²) in [5, 5.41) is 3.40. The molecule has 176 valence electrons. The molecule has 1 aromatic carbocycles. The summed E-state index contributed by atoms with van der Waals surface area (Å²) in [7, 11) is 0. The lowest BCUT2D eigenvalue weighted by molar-refractivity contribution is -0.138. The number of hydrogen-bond donors (Lipinski definition) is 2. The standard InChI is InChI=1S/C24H22F3N5O.3H2/c1-2-15-12-17(23(28)30-13-15)22(33)21-18(24(25,26)27)8-9-20(31-21)32-11-10-29-19(14-32)16-6-4-3-5-7-16;;;/h2-9,12-13,19,29H,1,10-11,14H2,(H2,28,30);3*1H. The van der Waals surface area contributed by atoms with E-state index in [0.29, 0.717) is 31.0 Å². The van der Waals surface area contributed by atoms with Gasteiger partial charge in [-0.1, -0.05) is 43.0 Å². The summed E-state index contributed by atoms with van der Waals surface area (Å²) in [5.74, 6) is -0.815. The van der Waals surface area contributed by atoms with Gasteiger partial charge in [0.2, 0.25) is 5.78 Å². The number of nitrogen functional groups attached to an aromatic ring is 1. The van der Waals surface area contributed by atoms with Crippen molar-refractivity contribution in [2.45, 2.75) is 12.2 Å². The van der Waals surface area contributed by atoms with Crippen molar-refractivity contribution < 1.29 is 22.2 Å².